The first-order valence-corrected chi connectivity index (χ1v) is 11.6. The highest BCUT2D eigenvalue weighted by Crippen LogP contribution is 2.32. The third kappa shape index (κ3) is 4.68. The Bertz CT molecular complexity index is 1390. The van der Waals surface area contributed by atoms with Crippen LogP contribution in [0.1, 0.15) is 10.6 Å². The number of ether oxygens (including phenoxy) is 1. The van der Waals surface area contributed by atoms with E-state index in [1.807, 2.05) is 24.3 Å². The SMILES string of the molecule is COc1ccc(N2CCN(C(=O)c3oc4ccccc4c3NC(=O)Nc3ccccc3F)CC2)cc1. The molecule has 184 valence electrons. The van der Waals surface area contributed by atoms with Gasteiger partial charge in [0, 0.05) is 37.3 Å². The molecule has 9 heteroatoms. The number of carbonyl (C=O) groups excluding carboxylic acids is 2. The third-order valence-electron chi connectivity index (χ3n) is 6.15. The van der Waals surface area contributed by atoms with E-state index in [1.165, 1.54) is 18.2 Å². The molecule has 36 heavy (non-hydrogen) atoms. The molecular formula is C27H25FN4O4. The number of piperazine rings is 1. The highest BCUT2D eigenvalue weighted by atomic mass is 19.1. The van der Waals surface area contributed by atoms with Gasteiger partial charge in [0.1, 0.15) is 22.8 Å². The van der Waals surface area contributed by atoms with Crippen molar-refractivity contribution in [2.75, 3.05) is 48.8 Å². The number of fused-ring (bicyclic) bond motifs is 1. The number of rotatable bonds is 5. The van der Waals surface area contributed by atoms with E-state index in [0.29, 0.717) is 37.1 Å². The molecule has 5 rings (SSSR count). The number of para-hydroxylation sites is 2. The Hall–Kier alpha value is -4.53. The molecule has 8 nitrogen and oxygen atoms in total. The maximum Gasteiger partial charge on any atom is 0.323 e. The molecule has 2 heterocycles. The number of carbonyl (C=O) groups is 2. The van der Waals surface area contributed by atoms with Crippen molar-refractivity contribution < 1.29 is 23.1 Å². The van der Waals surface area contributed by atoms with Crippen molar-refractivity contribution in [3.63, 3.8) is 0 Å². The lowest BCUT2D eigenvalue weighted by Crippen LogP contribution is -2.48. The van der Waals surface area contributed by atoms with Crippen LogP contribution in [0.2, 0.25) is 0 Å². The van der Waals surface area contributed by atoms with Crippen LogP contribution in [0.25, 0.3) is 11.0 Å². The van der Waals surface area contributed by atoms with Gasteiger partial charge in [-0.3, -0.25) is 4.79 Å². The summed E-state index contributed by atoms with van der Waals surface area (Å²) in [6, 6.07) is 20.1. The van der Waals surface area contributed by atoms with Crippen molar-refractivity contribution in [2.45, 2.75) is 0 Å². The highest BCUT2D eigenvalue weighted by Gasteiger charge is 2.29. The molecule has 0 aliphatic carbocycles. The fourth-order valence-corrected chi connectivity index (χ4v) is 4.25. The average molecular weight is 489 g/mol. The smallest absolute Gasteiger partial charge is 0.323 e. The summed E-state index contributed by atoms with van der Waals surface area (Å²) in [5.41, 5.74) is 1.81. The van der Waals surface area contributed by atoms with Gasteiger partial charge in [-0.05, 0) is 48.5 Å². The molecule has 0 atom stereocenters. The second-order valence-electron chi connectivity index (χ2n) is 8.34. The van der Waals surface area contributed by atoms with Gasteiger partial charge in [0.25, 0.3) is 5.91 Å². The molecule has 0 radical (unpaired) electrons. The number of anilines is 3. The lowest BCUT2D eigenvalue weighted by Gasteiger charge is -2.35. The predicted octanol–water partition coefficient (Wildman–Crippen LogP) is 5.19. The monoisotopic (exact) mass is 488 g/mol. The molecule has 3 aromatic carbocycles. The molecule has 0 unspecified atom stereocenters. The van der Waals surface area contributed by atoms with E-state index in [2.05, 4.69) is 15.5 Å². The van der Waals surface area contributed by atoms with Gasteiger partial charge >= 0.3 is 6.03 Å². The van der Waals surface area contributed by atoms with E-state index in [9.17, 15) is 14.0 Å². The first kappa shape index (κ1) is 23.2. The summed E-state index contributed by atoms with van der Waals surface area (Å²) < 4.78 is 25.1. The number of hydrogen-bond acceptors (Lipinski definition) is 5. The Morgan fingerprint density at radius 2 is 1.58 bits per heavy atom. The molecule has 0 saturated carbocycles. The Kier molecular flexibility index (Phi) is 6.44. The van der Waals surface area contributed by atoms with Crippen LogP contribution in [0.4, 0.5) is 26.2 Å². The van der Waals surface area contributed by atoms with Crippen LogP contribution in [0, 0.1) is 5.82 Å². The quantitative estimate of drug-likeness (QED) is 0.404. The maximum absolute atomic E-state index is 14.0. The van der Waals surface area contributed by atoms with Crippen LogP contribution >= 0.6 is 0 Å². The van der Waals surface area contributed by atoms with Crippen LogP contribution in [0.15, 0.2) is 77.2 Å². The summed E-state index contributed by atoms with van der Waals surface area (Å²) in [6.45, 7) is 2.27. The number of nitrogens with zero attached hydrogens (tertiary/aromatic N) is 2. The largest absolute Gasteiger partial charge is 0.497 e. The van der Waals surface area contributed by atoms with Crippen molar-refractivity contribution in [3.05, 3.63) is 84.4 Å². The molecule has 3 amide bonds. The zero-order chi connectivity index (χ0) is 25.1. The summed E-state index contributed by atoms with van der Waals surface area (Å²) in [4.78, 5) is 30.1. The maximum atomic E-state index is 14.0. The summed E-state index contributed by atoms with van der Waals surface area (Å²) in [7, 11) is 1.63. The minimum Gasteiger partial charge on any atom is -0.497 e. The summed E-state index contributed by atoms with van der Waals surface area (Å²) in [5.74, 6) is -0.0493. The lowest BCUT2D eigenvalue weighted by atomic mass is 10.2. The van der Waals surface area contributed by atoms with E-state index in [4.69, 9.17) is 9.15 Å². The van der Waals surface area contributed by atoms with E-state index in [-0.39, 0.29) is 23.0 Å². The lowest BCUT2D eigenvalue weighted by molar-refractivity contribution is 0.0718. The van der Waals surface area contributed by atoms with Crippen molar-refractivity contribution >= 4 is 40.0 Å². The summed E-state index contributed by atoms with van der Waals surface area (Å²) in [5, 5.41) is 5.76. The van der Waals surface area contributed by atoms with Crippen molar-refractivity contribution in [1.29, 1.82) is 0 Å². The van der Waals surface area contributed by atoms with E-state index < -0.39 is 11.8 Å². The zero-order valence-corrected chi connectivity index (χ0v) is 19.7. The molecule has 2 N–H and O–H groups in total. The molecule has 1 aliphatic heterocycles. The Morgan fingerprint density at radius 3 is 2.31 bits per heavy atom. The third-order valence-corrected chi connectivity index (χ3v) is 6.15. The second-order valence-corrected chi connectivity index (χ2v) is 8.34. The van der Waals surface area contributed by atoms with Crippen molar-refractivity contribution in [3.8, 4) is 5.75 Å². The topological polar surface area (TPSA) is 87.1 Å². The minimum atomic E-state index is -0.676. The second kappa shape index (κ2) is 9.99. The fourth-order valence-electron chi connectivity index (χ4n) is 4.25. The number of benzene rings is 3. The molecular weight excluding hydrogens is 463 g/mol. The van der Waals surface area contributed by atoms with Crippen molar-refractivity contribution in [2.24, 2.45) is 0 Å². The van der Waals surface area contributed by atoms with Gasteiger partial charge in [0.2, 0.25) is 5.76 Å². The van der Waals surface area contributed by atoms with Crippen molar-refractivity contribution in [1.82, 2.24) is 4.90 Å². The molecule has 1 fully saturated rings. The molecule has 4 aromatic rings. The van der Waals surface area contributed by atoms with Crippen LogP contribution in [0.5, 0.6) is 5.75 Å². The van der Waals surface area contributed by atoms with Crippen LogP contribution in [-0.4, -0.2) is 50.1 Å². The van der Waals surface area contributed by atoms with E-state index >= 15 is 0 Å². The van der Waals surface area contributed by atoms with Gasteiger partial charge in [-0.1, -0.05) is 24.3 Å². The molecule has 1 aromatic heterocycles. The molecule has 0 spiro atoms. The number of halogens is 1. The first-order chi connectivity index (χ1) is 17.5. The number of hydrogen-bond donors (Lipinski definition) is 2. The van der Waals surface area contributed by atoms with Crippen LogP contribution in [-0.2, 0) is 0 Å². The zero-order valence-electron chi connectivity index (χ0n) is 19.7. The first-order valence-electron chi connectivity index (χ1n) is 11.6. The Balaban J connectivity index is 1.33. The average Bonchev–Trinajstić information content (AvgIpc) is 3.28. The Morgan fingerprint density at radius 1 is 0.889 bits per heavy atom. The predicted molar refractivity (Wildman–Crippen MR) is 136 cm³/mol. The molecule has 0 bridgehead atoms. The number of nitrogens with one attached hydrogen (secondary N) is 2. The van der Waals surface area contributed by atoms with Crippen LogP contribution in [0.3, 0.4) is 0 Å². The summed E-state index contributed by atoms with van der Waals surface area (Å²) >= 11 is 0. The summed E-state index contributed by atoms with van der Waals surface area (Å²) in [6.07, 6.45) is 0. The minimum absolute atomic E-state index is 0.0327. The van der Waals surface area contributed by atoms with E-state index in [0.717, 1.165) is 11.4 Å². The standard InChI is InChI=1S/C27H25FN4O4/c1-35-19-12-10-18(11-13-19)31-14-16-32(17-15-31)26(33)25-24(20-6-2-5-9-23(20)36-25)30-27(34)29-22-8-4-3-7-21(22)28/h2-13H,14-17H2,1H3,(H2,29,30,34). The van der Waals surface area contributed by atoms with Gasteiger partial charge in [-0.2, -0.15) is 0 Å². The number of amides is 3. The van der Waals surface area contributed by atoms with Gasteiger partial charge in [-0.25, -0.2) is 9.18 Å². The van der Waals surface area contributed by atoms with Gasteiger partial charge < -0.3 is 29.6 Å². The van der Waals surface area contributed by atoms with E-state index in [1.54, 1.807) is 42.3 Å². The van der Waals surface area contributed by atoms with Gasteiger partial charge in [0.15, 0.2) is 0 Å². The molecule has 1 aliphatic rings. The van der Waals surface area contributed by atoms with Crippen LogP contribution < -0.4 is 20.3 Å². The number of methoxy groups -OCH3 is 1. The van der Waals surface area contributed by atoms with Gasteiger partial charge in [-0.15, -0.1) is 0 Å². The number of urea groups is 1. The fraction of sp³-hybridized carbons (Fsp3) is 0.185. The normalized spacial score (nSPS) is 13.5. The molecule has 1 saturated heterocycles. The number of furan rings is 1. The highest BCUT2D eigenvalue weighted by molar-refractivity contribution is 6.12. The van der Waals surface area contributed by atoms with Gasteiger partial charge in [0.05, 0.1) is 12.8 Å². The Labute approximate surface area is 207 Å².